The summed E-state index contributed by atoms with van der Waals surface area (Å²) < 4.78 is 11.4. The van der Waals surface area contributed by atoms with E-state index in [1.807, 2.05) is 12.1 Å². The van der Waals surface area contributed by atoms with Crippen LogP contribution in [0.4, 0.5) is 0 Å². The second-order valence-corrected chi connectivity index (χ2v) is 5.44. The van der Waals surface area contributed by atoms with Crippen molar-refractivity contribution in [3.63, 3.8) is 0 Å². The van der Waals surface area contributed by atoms with E-state index >= 15 is 0 Å². The number of likely N-dealkylation sites (N-methyl/N-ethyl adjacent to an activating group) is 1. The number of likely N-dealkylation sites (tertiary alicyclic amines) is 1. The SMILES string of the molecule is CN1CCCC(c2nc(-c3ccc(Br)o3)no2)C1. The number of furan rings is 1. The Hall–Kier alpha value is -1.14. The number of halogens is 1. The minimum atomic E-state index is 0.336. The van der Waals surface area contributed by atoms with Crippen LogP contribution in [0.15, 0.2) is 25.7 Å². The van der Waals surface area contributed by atoms with Gasteiger partial charge in [0.05, 0.1) is 5.92 Å². The molecular weight excluding hydrogens is 298 g/mol. The molecule has 1 atom stereocenters. The first-order valence-corrected chi connectivity index (χ1v) is 6.79. The molecule has 1 saturated heterocycles. The fourth-order valence-corrected chi connectivity index (χ4v) is 2.61. The summed E-state index contributed by atoms with van der Waals surface area (Å²) in [5.41, 5.74) is 0. The van der Waals surface area contributed by atoms with Crippen molar-refractivity contribution in [3.05, 3.63) is 22.7 Å². The van der Waals surface area contributed by atoms with Gasteiger partial charge in [0, 0.05) is 6.54 Å². The fraction of sp³-hybridized carbons (Fsp3) is 0.500. The number of nitrogens with zero attached hydrogens (tertiary/aromatic N) is 3. The number of aromatic nitrogens is 2. The van der Waals surface area contributed by atoms with Gasteiger partial charge in [-0.15, -0.1) is 0 Å². The Morgan fingerprint density at radius 1 is 1.44 bits per heavy atom. The molecule has 0 saturated carbocycles. The minimum Gasteiger partial charge on any atom is -0.446 e. The highest BCUT2D eigenvalue weighted by molar-refractivity contribution is 9.10. The number of piperidine rings is 1. The maximum atomic E-state index is 5.41. The molecule has 2 aromatic rings. The maximum absolute atomic E-state index is 5.41. The third-order valence-electron chi connectivity index (χ3n) is 3.21. The lowest BCUT2D eigenvalue weighted by atomic mass is 9.98. The van der Waals surface area contributed by atoms with Crippen molar-refractivity contribution >= 4 is 15.9 Å². The Morgan fingerprint density at radius 2 is 2.33 bits per heavy atom. The van der Waals surface area contributed by atoms with E-state index in [2.05, 4.69) is 38.0 Å². The molecule has 18 heavy (non-hydrogen) atoms. The van der Waals surface area contributed by atoms with E-state index in [-0.39, 0.29) is 0 Å². The van der Waals surface area contributed by atoms with Crippen LogP contribution in [0.3, 0.4) is 0 Å². The van der Waals surface area contributed by atoms with Crippen LogP contribution < -0.4 is 0 Å². The van der Waals surface area contributed by atoms with Crippen LogP contribution in [-0.4, -0.2) is 35.2 Å². The molecule has 96 valence electrons. The summed E-state index contributed by atoms with van der Waals surface area (Å²) in [6.07, 6.45) is 2.28. The molecule has 1 aliphatic heterocycles. The van der Waals surface area contributed by atoms with Crippen molar-refractivity contribution in [1.82, 2.24) is 15.0 Å². The van der Waals surface area contributed by atoms with Crippen molar-refractivity contribution in [2.24, 2.45) is 0 Å². The van der Waals surface area contributed by atoms with Gasteiger partial charge in [-0.3, -0.25) is 0 Å². The van der Waals surface area contributed by atoms with Crippen molar-refractivity contribution in [2.75, 3.05) is 20.1 Å². The van der Waals surface area contributed by atoms with Gasteiger partial charge in [0.1, 0.15) is 0 Å². The van der Waals surface area contributed by atoms with E-state index in [0.717, 1.165) is 19.5 Å². The smallest absolute Gasteiger partial charge is 0.238 e. The summed E-state index contributed by atoms with van der Waals surface area (Å²) in [5, 5.41) is 3.98. The first kappa shape index (κ1) is 11.9. The molecule has 0 aliphatic carbocycles. The average molecular weight is 312 g/mol. The number of hydrogen-bond donors (Lipinski definition) is 0. The molecule has 0 spiro atoms. The molecule has 1 fully saturated rings. The quantitative estimate of drug-likeness (QED) is 0.853. The van der Waals surface area contributed by atoms with E-state index in [4.69, 9.17) is 8.94 Å². The first-order chi connectivity index (χ1) is 8.72. The maximum Gasteiger partial charge on any atom is 0.238 e. The Morgan fingerprint density at radius 3 is 3.06 bits per heavy atom. The van der Waals surface area contributed by atoms with Crippen molar-refractivity contribution in [1.29, 1.82) is 0 Å². The van der Waals surface area contributed by atoms with E-state index in [9.17, 15) is 0 Å². The van der Waals surface area contributed by atoms with Crippen LogP contribution in [0.5, 0.6) is 0 Å². The molecule has 0 amide bonds. The molecule has 0 N–H and O–H groups in total. The highest BCUT2D eigenvalue weighted by Gasteiger charge is 2.24. The van der Waals surface area contributed by atoms with Gasteiger partial charge in [-0.1, -0.05) is 5.16 Å². The van der Waals surface area contributed by atoms with Gasteiger partial charge < -0.3 is 13.8 Å². The number of hydrogen-bond acceptors (Lipinski definition) is 5. The molecule has 6 heteroatoms. The molecular formula is C12H14BrN3O2. The van der Waals surface area contributed by atoms with Crippen LogP contribution in [-0.2, 0) is 0 Å². The van der Waals surface area contributed by atoms with E-state index in [1.54, 1.807) is 0 Å². The van der Waals surface area contributed by atoms with Gasteiger partial charge in [0.25, 0.3) is 0 Å². The zero-order valence-electron chi connectivity index (χ0n) is 10.1. The number of rotatable bonds is 2. The highest BCUT2D eigenvalue weighted by Crippen LogP contribution is 2.28. The molecule has 3 rings (SSSR count). The lowest BCUT2D eigenvalue weighted by molar-refractivity contribution is 0.220. The normalized spacial score (nSPS) is 21.3. The second kappa shape index (κ2) is 4.85. The Bertz CT molecular complexity index is 537. The van der Waals surface area contributed by atoms with E-state index in [1.165, 1.54) is 6.42 Å². The van der Waals surface area contributed by atoms with Crippen LogP contribution in [0.25, 0.3) is 11.6 Å². The summed E-state index contributed by atoms with van der Waals surface area (Å²) in [7, 11) is 2.12. The summed E-state index contributed by atoms with van der Waals surface area (Å²) in [5.74, 6) is 2.19. The molecule has 1 aliphatic rings. The Balaban J connectivity index is 1.80. The van der Waals surface area contributed by atoms with Crippen LogP contribution in [0.1, 0.15) is 24.7 Å². The van der Waals surface area contributed by atoms with Crippen LogP contribution in [0, 0.1) is 0 Å². The van der Waals surface area contributed by atoms with E-state index in [0.29, 0.717) is 28.1 Å². The van der Waals surface area contributed by atoms with Gasteiger partial charge in [-0.2, -0.15) is 4.98 Å². The first-order valence-electron chi connectivity index (χ1n) is 6.00. The third-order valence-corrected chi connectivity index (χ3v) is 3.64. The summed E-state index contributed by atoms with van der Waals surface area (Å²) >= 11 is 3.26. The molecule has 0 radical (unpaired) electrons. The molecule has 3 heterocycles. The topological polar surface area (TPSA) is 55.3 Å². The molecule has 5 nitrogen and oxygen atoms in total. The zero-order chi connectivity index (χ0) is 12.5. The zero-order valence-corrected chi connectivity index (χ0v) is 11.7. The van der Waals surface area contributed by atoms with Gasteiger partial charge in [0.15, 0.2) is 10.4 Å². The van der Waals surface area contributed by atoms with Crippen molar-refractivity contribution in [2.45, 2.75) is 18.8 Å². The lowest BCUT2D eigenvalue weighted by Gasteiger charge is -2.27. The monoisotopic (exact) mass is 311 g/mol. The van der Waals surface area contributed by atoms with Gasteiger partial charge in [-0.05, 0) is 54.5 Å². The van der Waals surface area contributed by atoms with Gasteiger partial charge in [-0.25, -0.2) is 0 Å². The van der Waals surface area contributed by atoms with Crippen LogP contribution >= 0.6 is 15.9 Å². The Labute approximate surface area is 113 Å². The predicted molar refractivity (Wildman–Crippen MR) is 69.2 cm³/mol. The molecule has 0 aromatic carbocycles. The highest BCUT2D eigenvalue weighted by atomic mass is 79.9. The third kappa shape index (κ3) is 2.35. The second-order valence-electron chi connectivity index (χ2n) is 4.66. The average Bonchev–Trinajstić information content (AvgIpc) is 2.97. The van der Waals surface area contributed by atoms with Crippen LogP contribution in [0.2, 0.25) is 0 Å². The summed E-state index contributed by atoms with van der Waals surface area (Å²) in [6, 6.07) is 3.64. The summed E-state index contributed by atoms with van der Waals surface area (Å²) in [6.45, 7) is 2.12. The fourth-order valence-electron chi connectivity index (χ4n) is 2.30. The standard InChI is InChI=1S/C12H14BrN3O2/c1-16-6-2-3-8(7-16)12-14-11(15-18-12)9-4-5-10(13)17-9/h4-5,8H,2-3,6-7H2,1H3. The molecule has 0 bridgehead atoms. The predicted octanol–water partition coefficient (Wildman–Crippen LogP) is 2.90. The molecule has 2 aromatic heterocycles. The lowest BCUT2D eigenvalue weighted by Crippen LogP contribution is -2.30. The Kier molecular flexibility index (Phi) is 3.22. The van der Waals surface area contributed by atoms with Gasteiger partial charge in [0.2, 0.25) is 11.7 Å². The largest absolute Gasteiger partial charge is 0.446 e. The van der Waals surface area contributed by atoms with Crippen molar-refractivity contribution < 1.29 is 8.94 Å². The van der Waals surface area contributed by atoms with Crippen molar-refractivity contribution in [3.8, 4) is 11.6 Å². The minimum absolute atomic E-state index is 0.336. The molecule has 1 unspecified atom stereocenters. The van der Waals surface area contributed by atoms with Gasteiger partial charge >= 0.3 is 0 Å². The summed E-state index contributed by atoms with van der Waals surface area (Å²) in [4.78, 5) is 6.73. The van der Waals surface area contributed by atoms with E-state index < -0.39 is 0 Å².